The third-order valence-corrected chi connectivity index (χ3v) is 4.39. The van der Waals surface area contributed by atoms with E-state index in [4.69, 9.17) is 10.5 Å². The van der Waals surface area contributed by atoms with E-state index in [2.05, 4.69) is 5.32 Å². The molecule has 24 heavy (non-hydrogen) atoms. The number of hydrogen-bond donors (Lipinski definition) is 2. The van der Waals surface area contributed by atoms with E-state index in [0.717, 1.165) is 41.8 Å². The lowest BCUT2D eigenvalue weighted by Gasteiger charge is -2.13. The van der Waals surface area contributed by atoms with Crippen LogP contribution >= 0.6 is 12.4 Å². The fourth-order valence-corrected chi connectivity index (χ4v) is 3.15. The second-order valence-electron chi connectivity index (χ2n) is 6.04. The number of anilines is 1. The summed E-state index contributed by atoms with van der Waals surface area (Å²) in [5.41, 5.74) is 8.72. The van der Waals surface area contributed by atoms with E-state index >= 15 is 0 Å². The molecule has 3 N–H and O–H groups in total. The summed E-state index contributed by atoms with van der Waals surface area (Å²) in [5.74, 6) is 0.910. The highest BCUT2D eigenvalue weighted by atomic mass is 35.5. The molecule has 2 aromatic rings. The molecule has 3 rings (SSSR count). The number of para-hydroxylation sites is 1. The highest BCUT2D eigenvalue weighted by Crippen LogP contribution is 2.31. The molecular formula is C19H23ClN2O2. The summed E-state index contributed by atoms with van der Waals surface area (Å²) in [7, 11) is 1.66. The first-order valence-corrected chi connectivity index (χ1v) is 7.97. The third-order valence-electron chi connectivity index (χ3n) is 4.39. The van der Waals surface area contributed by atoms with Crippen molar-refractivity contribution in [3.05, 3.63) is 48.5 Å². The van der Waals surface area contributed by atoms with Crippen LogP contribution in [0, 0.1) is 5.92 Å². The van der Waals surface area contributed by atoms with Crippen LogP contribution in [0.3, 0.4) is 0 Å². The van der Waals surface area contributed by atoms with Gasteiger partial charge >= 0.3 is 0 Å². The summed E-state index contributed by atoms with van der Waals surface area (Å²) in [6, 6.07) is 15.9. The number of benzene rings is 2. The molecule has 1 aliphatic rings. The standard InChI is InChI=1S/C19H22N2O2.ClH/c1-23-18-8-3-2-7-17(18)13-5-4-6-16(12-13)21-19(22)14-9-10-15(20)11-14;/h2-8,12,14-15H,9-11,20H2,1H3,(H,21,22);1H. The first-order valence-electron chi connectivity index (χ1n) is 7.97. The topological polar surface area (TPSA) is 64.3 Å². The number of amides is 1. The molecule has 1 fully saturated rings. The van der Waals surface area contributed by atoms with Gasteiger partial charge in [0.05, 0.1) is 7.11 Å². The zero-order valence-electron chi connectivity index (χ0n) is 13.7. The van der Waals surface area contributed by atoms with Crippen molar-refractivity contribution in [1.29, 1.82) is 0 Å². The van der Waals surface area contributed by atoms with E-state index in [0.29, 0.717) is 0 Å². The molecule has 2 unspecified atom stereocenters. The van der Waals surface area contributed by atoms with Gasteiger partial charge in [-0.1, -0.05) is 30.3 Å². The van der Waals surface area contributed by atoms with E-state index in [-0.39, 0.29) is 30.3 Å². The Morgan fingerprint density at radius 2 is 1.96 bits per heavy atom. The third kappa shape index (κ3) is 4.08. The van der Waals surface area contributed by atoms with Gasteiger partial charge in [0.2, 0.25) is 5.91 Å². The molecule has 0 saturated heterocycles. The van der Waals surface area contributed by atoms with Crippen LogP contribution in [0.5, 0.6) is 5.75 Å². The number of methoxy groups -OCH3 is 1. The fourth-order valence-electron chi connectivity index (χ4n) is 3.15. The van der Waals surface area contributed by atoms with E-state index in [1.54, 1.807) is 7.11 Å². The predicted octanol–water partition coefficient (Wildman–Crippen LogP) is 3.85. The lowest BCUT2D eigenvalue weighted by molar-refractivity contribution is -0.119. The molecule has 1 aliphatic carbocycles. The number of rotatable bonds is 4. The minimum atomic E-state index is 0. The highest BCUT2D eigenvalue weighted by molar-refractivity contribution is 5.93. The van der Waals surface area contributed by atoms with Gasteiger partial charge in [0.15, 0.2) is 0 Å². The average molecular weight is 347 g/mol. The Balaban J connectivity index is 0.00000208. The Morgan fingerprint density at radius 3 is 2.67 bits per heavy atom. The van der Waals surface area contributed by atoms with E-state index < -0.39 is 0 Å². The second-order valence-corrected chi connectivity index (χ2v) is 6.04. The zero-order valence-corrected chi connectivity index (χ0v) is 14.5. The minimum Gasteiger partial charge on any atom is -0.496 e. The maximum absolute atomic E-state index is 12.3. The summed E-state index contributed by atoms with van der Waals surface area (Å²) in [6.07, 6.45) is 2.58. The van der Waals surface area contributed by atoms with Crippen molar-refractivity contribution >= 4 is 24.0 Å². The molecule has 0 spiro atoms. The Morgan fingerprint density at radius 1 is 1.17 bits per heavy atom. The molecule has 0 aliphatic heterocycles. The Hall–Kier alpha value is -2.04. The number of carbonyl (C=O) groups excluding carboxylic acids is 1. The van der Waals surface area contributed by atoms with Gasteiger partial charge in [0, 0.05) is 23.2 Å². The predicted molar refractivity (Wildman–Crippen MR) is 99.6 cm³/mol. The van der Waals surface area contributed by atoms with Crippen LogP contribution in [0.4, 0.5) is 5.69 Å². The first kappa shape index (κ1) is 18.3. The number of halogens is 1. The van der Waals surface area contributed by atoms with Gasteiger partial charge in [-0.2, -0.15) is 0 Å². The lowest BCUT2D eigenvalue weighted by Crippen LogP contribution is -2.23. The molecule has 5 heteroatoms. The van der Waals surface area contributed by atoms with Gasteiger partial charge < -0.3 is 15.8 Å². The molecule has 0 heterocycles. The molecule has 4 nitrogen and oxygen atoms in total. The van der Waals surface area contributed by atoms with Crippen molar-refractivity contribution in [2.24, 2.45) is 11.7 Å². The normalized spacial score (nSPS) is 19.4. The molecule has 1 amide bonds. The van der Waals surface area contributed by atoms with Crippen LogP contribution in [0.15, 0.2) is 48.5 Å². The largest absolute Gasteiger partial charge is 0.496 e. The van der Waals surface area contributed by atoms with Crippen LogP contribution in [-0.2, 0) is 4.79 Å². The Kier molecular flexibility index (Phi) is 6.23. The summed E-state index contributed by atoms with van der Waals surface area (Å²) >= 11 is 0. The minimum absolute atomic E-state index is 0. The summed E-state index contributed by atoms with van der Waals surface area (Å²) < 4.78 is 5.41. The summed E-state index contributed by atoms with van der Waals surface area (Å²) in [6.45, 7) is 0. The number of nitrogens with two attached hydrogens (primary N) is 1. The maximum Gasteiger partial charge on any atom is 0.227 e. The maximum atomic E-state index is 12.3. The van der Waals surface area contributed by atoms with E-state index in [1.807, 2.05) is 48.5 Å². The van der Waals surface area contributed by atoms with Crippen LogP contribution in [0.1, 0.15) is 19.3 Å². The van der Waals surface area contributed by atoms with Crippen molar-refractivity contribution in [3.8, 4) is 16.9 Å². The molecule has 1 saturated carbocycles. The number of ether oxygens (including phenoxy) is 1. The number of carbonyl (C=O) groups is 1. The van der Waals surface area contributed by atoms with Crippen LogP contribution in [0.25, 0.3) is 11.1 Å². The zero-order chi connectivity index (χ0) is 16.2. The van der Waals surface area contributed by atoms with Gasteiger partial charge in [0.1, 0.15) is 5.75 Å². The van der Waals surface area contributed by atoms with Crippen molar-refractivity contribution in [3.63, 3.8) is 0 Å². The van der Waals surface area contributed by atoms with Crippen LogP contribution < -0.4 is 15.8 Å². The molecule has 0 radical (unpaired) electrons. The van der Waals surface area contributed by atoms with Gasteiger partial charge in [-0.3, -0.25) is 4.79 Å². The SMILES string of the molecule is COc1ccccc1-c1cccc(NC(=O)C2CCC(N)C2)c1.Cl. The van der Waals surface area contributed by atoms with Crippen molar-refractivity contribution in [1.82, 2.24) is 0 Å². The van der Waals surface area contributed by atoms with Crippen LogP contribution in [-0.4, -0.2) is 19.1 Å². The van der Waals surface area contributed by atoms with Gasteiger partial charge in [0.25, 0.3) is 0 Å². The van der Waals surface area contributed by atoms with Crippen molar-refractivity contribution in [2.45, 2.75) is 25.3 Å². The van der Waals surface area contributed by atoms with Crippen LogP contribution in [0.2, 0.25) is 0 Å². The first-order chi connectivity index (χ1) is 11.2. The molecule has 0 bridgehead atoms. The average Bonchev–Trinajstić information content (AvgIpc) is 3.02. The lowest BCUT2D eigenvalue weighted by atomic mass is 10.0. The smallest absolute Gasteiger partial charge is 0.227 e. The number of nitrogens with one attached hydrogen (secondary N) is 1. The monoisotopic (exact) mass is 346 g/mol. The molecule has 2 atom stereocenters. The molecule has 128 valence electrons. The van der Waals surface area contributed by atoms with Crippen molar-refractivity contribution in [2.75, 3.05) is 12.4 Å². The number of hydrogen-bond acceptors (Lipinski definition) is 3. The van der Waals surface area contributed by atoms with Gasteiger partial charge in [-0.15, -0.1) is 12.4 Å². The molecule has 2 aromatic carbocycles. The fraction of sp³-hybridized carbons (Fsp3) is 0.316. The Bertz CT molecular complexity index is 705. The van der Waals surface area contributed by atoms with Gasteiger partial charge in [-0.05, 0) is 43.0 Å². The Labute approximate surface area is 148 Å². The van der Waals surface area contributed by atoms with Crippen molar-refractivity contribution < 1.29 is 9.53 Å². The van der Waals surface area contributed by atoms with E-state index in [1.165, 1.54) is 0 Å². The summed E-state index contributed by atoms with van der Waals surface area (Å²) in [5, 5.41) is 3.02. The molecular weight excluding hydrogens is 324 g/mol. The summed E-state index contributed by atoms with van der Waals surface area (Å²) in [4.78, 5) is 12.3. The van der Waals surface area contributed by atoms with Gasteiger partial charge in [-0.25, -0.2) is 0 Å². The highest BCUT2D eigenvalue weighted by Gasteiger charge is 2.27. The molecule has 0 aromatic heterocycles. The quantitative estimate of drug-likeness (QED) is 0.883. The van der Waals surface area contributed by atoms with E-state index in [9.17, 15) is 4.79 Å². The second kappa shape index (κ2) is 8.18.